The first-order valence-electron chi connectivity index (χ1n) is 11.1. The van der Waals surface area contributed by atoms with Crippen molar-refractivity contribution >= 4 is 29.6 Å². The van der Waals surface area contributed by atoms with Crippen molar-refractivity contribution in [1.29, 1.82) is 0 Å². The van der Waals surface area contributed by atoms with Crippen LogP contribution in [-0.2, 0) is 15.5 Å². The van der Waals surface area contributed by atoms with E-state index in [2.05, 4.69) is 5.32 Å². The van der Waals surface area contributed by atoms with Gasteiger partial charge in [0.25, 0.3) is 0 Å². The van der Waals surface area contributed by atoms with E-state index < -0.39 is 30.1 Å². The molecule has 0 aliphatic carbocycles. The lowest BCUT2D eigenvalue weighted by molar-refractivity contribution is -0.136. The summed E-state index contributed by atoms with van der Waals surface area (Å²) < 4.78 is 54.2. The molecular weight excluding hydrogens is 440 g/mol. The van der Waals surface area contributed by atoms with Crippen molar-refractivity contribution in [1.82, 2.24) is 0 Å². The van der Waals surface area contributed by atoms with E-state index in [1.807, 2.05) is 40.7 Å². The zero-order chi connectivity index (χ0) is 24.9. The Bertz CT molecular complexity index is 1190. The standard InChI is InChI=1S/C26H28BF3N2O2/c1-16-6-12-20(15-22(16)27-33-24(2,3)25(4,5)34-27)32-23-13-9-18(14-21(23)26(28,29)30)17-7-10-19(31)11-8-17/h6-15,32H,31H2,1-5H3. The molecule has 0 unspecified atom stereocenters. The molecule has 0 spiro atoms. The maximum Gasteiger partial charge on any atom is 0.495 e. The minimum Gasteiger partial charge on any atom is -0.399 e. The summed E-state index contributed by atoms with van der Waals surface area (Å²) in [5.41, 5.74) is 7.77. The Hall–Kier alpha value is -2.97. The summed E-state index contributed by atoms with van der Waals surface area (Å²) in [6, 6.07) is 16.4. The molecule has 0 aromatic heterocycles. The summed E-state index contributed by atoms with van der Waals surface area (Å²) >= 11 is 0. The molecule has 4 nitrogen and oxygen atoms in total. The van der Waals surface area contributed by atoms with E-state index in [0.29, 0.717) is 22.5 Å². The van der Waals surface area contributed by atoms with Gasteiger partial charge in [-0.05, 0) is 87.6 Å². The third-order valence-corrected chi connectivity index (χ3v) is 6.63. The molecule has 1 heterocycles. The Morgan fingerprint density at radius 3 is 2.00 bits per heavy atom. The smallest absolute Gasteiger partial charge is 0.399 e. The zero-order valence-corrected chi connectivity index (χ0v) is 19.9. The normalized spacial score (nSPS) is 17.1. The highest BCUT2D eigenvalue weighted by molar-refractivity contribution is 6.62. The Labute approximate surface area is 198 Å². The SMILES string of the molecule is Cc1ccc(Nc2ccc(-c3ccc(N)cc3)cc2C(F)(F)F)cc1B1OC(C)(C)C(C)(C)O1. The molecule has 3 aromatic rings. The molecule has 1 fully saturated rings. The van der Waals surface area contributed by atoms with Gasteiger partial charge in [0.15, 0.2) is 0 Å². The number of halogens is 3. The van der Waals surface area contributed by atoms with E-state index in [1.54, 1.807) is 42.5 Å². The lowest BCUT2D eigenvalue weighted by atomic mass is 9.76. The van der Waals surface area contributed by atoms with E-state index in [-0.39, 0.29) is 5.69 Å². The molecule has 3 aromatic carbocycles. The van der Waals surface area contributed by atoms with Crippen molar-refractivity contribution in [3.8, 4) is 11.1 Å². The van der Waals surface area contributed by atoms with Crippen LogP contribution >= 0.6 is 0 Å². The summed E-state index contributed by atoms with van der Waals surface area (Å²) in [7, 11) is -0.610. The van der Waals surface area contributed by atoms with Crippen LogP contribution in [0.3, 0.4) is 0 Å². The van der Waals surface area contributed by atoms with Crippen LogP contribution in [0, 0.1) is 6.92 Å². The van der Waals surface area contributed by atoms with E-state index in [4.69, 9.17) is 15.0 Å². The van der Waals surface area contributed by atoms with Gasteiger partial charge in [0.1, 0.15) is 0 Å². The van der Waals surface area contributed by atoms with Crippen LogP contribution in [0.4, 0.5) is 30.2 Å². The minimum atomic E-state index is -4.54. The van der Waals surface area contributed by atoms with Crippen molar-refractivity contribution in [2.24, 2.45) is 0 Å². The number of rotatable bonds is 4. The van der Waals surface area contributed by atoms with Crippen LogP contribution in [0.1, 0.15) is 38.8 Å². The predicted octanol–water partition coefficient (Wildman–Crippen LogP) is 6.31. The Morgan fingerprint density at radius 2 is 1.41 bits per heavy atom. The number of benzene rings is 3. The molecule has 0 atom stereocenters. The van der Waals surface area contributed by atoms with Gasteiger partial charge in [-0.1, -0.05) is 29.8 Å². The molecule has 4 rings (SSSR count). The predicted molar refractivity (Wildman–Crippen MR) is 131 cm³/mol. The van der Waals surface area contributed by atoms with Gasteiger partial charge >= 0.3 is 13.3 Å². The van der Waals surface area contributed by atoms with Crippen LogP contribution in [0.5, 0.6) is 0 Å². The maximum atomic E-state index is 14.0. The summed E-state index contributed by atoms with van der Waals surface area (Å²) in [5, 5.41) is 2.95. The quantitative estimate of drug-likeness (QED) is 0.348. The minimum absolute atomic E-state index is 0.0320. The lowest BCUT2D eigenvalue weighted by Crippen LogP contribution is -2.41. The second kappa shape index (κ2) is 8.36. The molecule has 0 radical (unpaired) electrons. The fourth-order valence-electron chi connectivity index (χ4n) is 3.84. The van der Waals surface area contributed by atoms with E-state index in [0.717, 1.165) is 17.1 Å². The molecule has 0 amide bonds. The summed E-state index contributed by atoms with van der Waals surface area (Å²) in [6.45, 7) is 9.77. The monoisotopic (exact) mass is 468 g/mol. The first-order valence-corrected chi connectivity index (χ1v) is 11.1. The third kappa shape index (κ3) is 4.65. The average molecular weight is 468 g/mol. The Balaban J connectivity index is 1.67. The lowest BCUT2D eigenvalue weighted by Gasteiger charge is -2.32. The van der Waals surface area contributed by atoms with Gasteiger partial charge in [0, 0.05) is 11.4 Å². The molecule has 8 heteroatoms. The molecule has 0 saturated carbocycles. The summed E-state index contributed by atoms with van der Waals surface area (Å²) in [6.07, 6.45) is -4.54. The molecule has 1 saturated heterocycles. The molecule has 1 aliphatic heterocycles. The number of nitrogen functional groups attached to an aromatic ring is 1. The molecule has 0 bridgehead atoms. The molecule has 1 aliphatic rings. The van der Waals surface area contributed by atoms with Gasteiger partial charge in [-0.3, -0.25) is 0 Å². The average Bonchev–Trinajstić information content (AvgIpc) is 2.96. The number of nitrogens with one attached hydrogen (secondary N) is 1. The first-order chi connectivity index (χ1) is 15.8. The number of aryl methyl sites for hydroxylation is 1. The topological polar surface area (TPSA) is 56.5 Å². The number of nitrogens with two attached hydrogens (primary N) is 1. The van der Waals surface area contributed by atoms with Gasteiger partial charge < -0.3 is 20.4 Å². The van der Waals surface area contributed by atoms with Crippen molar-refractivity contribution in [3.63, 3.8) is 0 Å². The number of anilines is 3. The van der Waals surface area contributed by atoms with Crippen molar-refractivity contribution < 1.29 is 22.5 Å². The number of hydrogen-bond acceptors (Lipinski definition) is 4. The first kappa shape index (κ1) is 24.2. The van der Waals surface area contributed by atoms with E-state index >= 15 is 0 Å². The largest absolute Gasteiger partial charge is 0.495 e. The highest BCUT2D eigenvalue weighted by atomic mass is 19.4. The zero-order valence-electron chi connectivity index (χ0n) is 19.9. The fourth-order valence-corrected chi connectivity index (χ4v) is 3.84. The van der Waals surface area contributed by atoms with E-state index in [9.17, 15) is 13.2 Å². The fraction of sp³-hybridized carbons (Fsp3) is 0.308. The van der Waals surface area contributed by atoms with Gasteiger partial charge in [-0.2, -0.15) is 13.2 Å². The van der Waals surface area contributed by atoms with Crippen molar-refractivity contribution in [2.75, 3.05) is 11.1 Å². The van der Waals surface area contributed by atoms with Crippen LogP contribution < -0.4 is 16.5 Å². The third-order valence-electron chi connectivity index (χ3n) is 6.63. The van der Waals surface area contributed by atoms with Crippen molar-refractivity contribution in [2.45, 2.75) is 52.0 Å². The van der Waals surface area contributed by atoms with Gasteiger partial charge in [0.2, 0.25) is 0 Å². The molecule has 3 N–H and O–H groups in total. The second-order valence-electron chi connectivity index (χ2n) is 9.66. The van der Waals surface area contributed by atoms with Gasteiger partial charge in [-0.25, -0.2) is 0 Å². The van der Waals surface area contributed by atoms with Gasteiger partial charge in [0.05, 0.1) is 22.5 Å². The van der Waals surface area contributed by atoms with Crippen LogP contribution in [0.25, 0.3) is 11.1 Å². The van der Waals surface area contributed by atoms with Crippen LogP contribution in [0.15, 0.2) is 60.7 Å². The van der Waals surface area contributed by atoms with Crippen LogP contribution in [0.2, 0.25) is 0 Å². The molecule has 34 heavy (non-hydrogen) atoms. The number of alkyl halides is 3. The Kier molecular flexibility index (Phi) is 5.94. The van der Waals surface area contributed by atoms with Crippen molar-refractivity contribution in [3.05, 3.63) is 71.8 Å². The second-order valence-corrected chi connectivity index (χ2v) is 9.66. The maximum absolute atomic E-state index is 14.0. The summed E-state index contributed by atoms with van der Waals surface area (Å²) in [4.78, 5) is 0. The highest BCUT2D eigenvalue weighted by Crippen LogP contribution is 2.40. The van der Waals surface area contributed by atoms with Crippen LogP contribution in [-0.4, -0.2) is 18.3 Å². The Morgan fingerprint density at radius 1 is 0.824 bits per heavy atom. The van der Waals surface area contributed by atoms with Gasteiger partial charge in [-0.15, -0.1) is 0 Å². The van der Waals surface area contributed by atoms with E-state index in [1.165, 1.54) is 6.07 Å². The summed E-state index contributed by atoms with van der Waals surface area (Å²) in [5.74, 6) is 0. The molecular formula is C26H28BF3N2O2. The highest BCUT2D eigenvalue weighted by Gasteiger charge is 2.52. The molecule has 178 valence electrons. The number of hydrogen-bond donors (Lipinski definition) is 2.